The summed E-state index contributed by atoms with van der Waals surface area (Å²) < 4.78 is 5.93. The van der Waals surface area contributed by atoms with Crippen LogP contribution in [0.3, 0.4) is 0 Å². The first kappa shape index (κ1) is 9.16. The third-order valence-electron chi connectivity index (χ3n) is 3.37. The number of piperidine rings is 1. The van der Waals surface area contributed by atoms with Crippen LogP contribution < -0.4 is 10.1 Å². The van der Waals surface area contributed by atoms with Crippen LogP contribution in [0.25, 0.3) is 0 Å². The van der Waals surface area contributed by atoms with Crippen LogP contribution in [0.5, 0.6) is 5.75 Å². The molecule has 2 bridgehead atoms. The van der Waals surface area contributed by atoms with E-state index in [2.05, 4.69) is 10.3 Å². The molecule has 2 aliphatic rings. The Morgan fingerprint density at radius 1 is 1.27 bits per heavy atom. The lowest BCUT2D eigenvalue weighted by molar-refractivity contribution is 0.137. The second-order valence-corrected chi connectivity index (χ2v) is 4.54. The van der Waals surface area contributed by atoms with Crippen molar-refractivity contribution >= 4 is 0 Å². The molecule has 3 heterocycles. The average Bonchev–Trinajstić information content (AvgIpc) is 2.60. The molecule has 80 valence electrons. The fraction of sp³-hybridized carbons (Fsp3) is 0.583. The van der Waals surface area contributed by atoms with Gasteiger partial charge in [0.2, 0.25) is 0 Å². The van der Waals surface area contributed by atoms with E-state index in [0.717, 1.165) is 18.6 Å². The van der Waals surface area contributed by atoms with Crippen molar-refractivity contribution in [1.82, 2.24) is 10.3 Å². The predicted molar refractivity (Wildman–Crippen MR) is 57.8 cm³/mol. The molecule has 1 aromatic rings. The van der Waals surface area contributed by atoms with E-state index in [1.807, 2.05) is 12.1 Å². The Labute approximate surface area is 89.9 Å². The Kier molecular flexibility index (Phi) is 2.33. The van der Waals surface area contributed by atoms with Gasteiger partial charge in [0, 0.05) is 18.3 Å². The van der Waals surface area contributed by atoms with Crippen LogP contribution in [-0.4, -0.2) is 23.2 Å². The molecule has 1 aromatic heterocycles. The fourth-order valence-electron chi connectivity index (χ4n) is 2.71. The minimum absolute atomic E-state index is 0.382. The third-order valence-corrected chi connectivity index (χ3v) is 3.37. The van der Waals surface area contributed by atoms with Crippen molar-refractivity contribution in [2.45, 2.75) is 43.9 Å². The van der Waals surface area contributed by atoms with Gasteiger partial charge in [-0.25, -0.2) is 0 Å². The summed E-state index contributed by atoms with van der Waals surface area (Å²) in [5.74, 6) is 0.906. The molecular weight excluding hydrogens is 188 g/mol. The standard InChI is InChI=1S/C12H16N2O/c1-2-11(8-13-5-1)15-12-6-9-3-4-10(7-12)14-9/h1-2,5,8-10,12,14H,3-4,6-7H2/t9-,10+,12-. The van der Waals surface area contributed by atoms with Crippen LogP contribution in [-0.2, 0) is 0 Å². The quantitative estimate of drug-likeness (QED) is 0.796. The summed E-state index contributed by atoms with van der Waals surface area (Å²) in [6, 6.07) is 5.28. The topological polar surface area (TPSA) is 34.1 Å². The molecule has 3 rings (SSSR count). The van der Waals surface area contributed by atoms with Gasteiger partial charge >= 0.3 is 0 Å². The van der Waals surface area contributed by atoms with Gasteiger partial charge in [-0.05, 0) is 37.8 Å². The van der Waals surface area contributed by atoms with Crippen LogP contribution in [0.2, 0.25) is 0 Å². The highest BCUT2D eigenvalue weighted by Crippen LogP contribution is 2.29. The molecule has 0 aromatic carbocycles. The van der Waals surface area contributed by atoms with Gasteiger partial charge in [-0.15, -0.1) is 0 Å². The molecule has 0 saturated carbocycles. The van der Waals surface area contributed by atoms with E-state index in [0.29, 0.717) is 18.2 Å². The van der Waals surface area contributed by atoms with Crippen molar-refractivity contribution in [3.63, 3.8) is 0 Å². The first-order chi connectivity index (χ1) is 7.40. The minimum Gasteiger partial charge on any atom is -0.489 e. The van der Waals surface area contributed by atoms with E-state index in [9.17, 15) is 0 Å². The van der Waals surface area contributed by atoms with E-state index in [1.54, 1.807) is 12.4 Å². The minimum atomic E-state index is 0.382. The van der Waals surface area contributed by atoms with E-state index < -0.39 is 0 Å². The van der Waals surface area contributed by atoms with E-state index in [1.165, 1.54) is 12.8 Å². The number of nitrogens with zero attached hydrogens (tertiary/aromatic N) is 1. The molecule has 0 amide bonds. The van der Waals surface area contributed by atoms with Crippen molar-refractivity contribution < 1.29 is 4.74 Å². The van der Waals surface area contributed by atoms with E-state index in [4.69, 9.17) is 4.74 Å². The third kappa shape index (κ3) is 1.97. The van der Waals surface area contributed by atoms with E-state index >= 15 is 0 Å². The summed E-state index contributed by atoms with van der Waals surface area (Å²) in [6.45, 7) is 0. The zero-order valence-electron chi connectivity index (χ0n) is 8.73. The number of pyridine rings is 1. The first-order valence-electron chi connectivity index (χ1n) is 5.73. The molecule has 3 atom stereocenters. The second kappa shape index (κ2) is 3.81. The number of fused-ring (bicyclic) bond motifs is 2. The molecule has 2 aliphatic heterocycles. The Hall–Kier alpha value is -1.09. The lowest BCUT2D eigenvalue weighted by Gasteiger charge is -2.29. The van der Waals surface area contributed by atoms with Crippen LogP contribution in [0, 0.1) is 0 Å². The number of nitrogens with one attached hydrogen (secondary N) is 1. The van der Waals surface area contributed by atoms with Crippen molar-refractivity contribution in [2.24, 2.45) is 0 Å². The second-order valence-electron chi connectivity index (χ2n) is 4.54. The van der Waals surface area contributed by atoms with Crippen molar-refractivity contribution in [3.8, 4) is 5.75 Å². The lowest BCUT2D eigenvalue weighted by atomic mass is 10.0. The normalized spacial score (nSPS) is 34.0. The van der Waals surface area contributed by atoms with Gasteiger partial charge in [-0.1, -0.05) is 0 Å². The highest BCUT2D eigenvalue weighted by molar-refractivity contribution is 5.16. The van der Waals surface area contributed by atoms with Gasteiger partial charge in [-0.2, -0.15) is 0 Å². The van der Waals surface area contributed by atoms with Crippen LogP contribution in [0.15, 0.2) is 24.5 Å². The average molecular weight is 204 g/mol. The molecule has 3 heteroatoms. The largest absolute Gasteiger partial charge is 0.489 e. The zero-order chi connectivity index (χ0) is 10.1. The summed E-state index contributed by atoms with van der Waals surface area (Å²) in [6.07, 6.45) is 8.88. The molecule has 0 radical (unpaired) electrons. The van der Waals surface area contributed by atoms with Crippen LogP contribution in [0.1, 0.15) is 25.7 Å². The summed E-state index contributed by atoms with van der Waals surface area (Å²) in [5, 5.41) is 3.61. The van der Waals surface area contributed by atoms with Gasteiger partial charge in [0.05, 0.1) is 6.20 Å². The van der Waals surface area contributed by atoms with Crippen LogP contribution >= 0.6 is 0 Å². The fourth-order valence-corrected chi connectivity index (χ4v) is 2.71. The van der Waals surface area contributed by atoms with Crippen molar-refractivity contribution in [2.75, 3.05) is 0 Å². The lowest BCUT2D eigenvalue weighted by Crippen LogP contribution is -2.42. The number of rotatable bonds is 2. The van der Waals surface area contributed by atoms with Crippen molar-refractivity contribution in [3.05, 3.63) is 24.5 Å². The monoisotopic (exact) mass is 204 g/mol. The summed E-state index contributed by atoms with van der Waals surface area (Å²) in [4.78, 5) is 4.06. The number of hydrogen-bond donors (Lipinski definition) is 1. The maximum absolute atomic E-state index is 5.93. The van der Waals surface area contributed by atoms with Gasteiger partial charge in [0.1, 0.15) is 11.9 Å². The summed E-state index contributed by atoms with van der Waals surface area (Å²) >= 11 is 0. The number of aromatic nitrogens is 1. The van der Waals surface area contributed by atoms with Crippen LogP contribution in [0.4, 0.5) is 0 Å². The summed E-state index contributed by atoms with van der Waals surface area (Å²) in [5.41, 5.74) is 0. The molecular formula is C12H16N2O. The predicted octanol–water partition coefficient (Wildman–Crippen LogP) is 1.74. The molecule has 2 fully saturated rings. The van der Waals surface area contributed by atoms with E-state index in [-0.39, 0.29) is 0 Å². The molecule has 2 saturated heterocycles. The number of ether oxygens (including phenoxy) is 1. The molecule has 1 N–H and O–H groups in total. The van der Waals surface area contributed by atoms with Gasteiger partial charge in [0.15, 0.2) is 0 Å². The smallest absolute Gasteiger partial charge is 0.137 e. The summed E-state index contributed by atoms with van der Waals surface area (Å²) in [7, 11) is 0. The molecule has 15 heavy (non-hydrogen) atoms. The number of hydrogen-bond acceptors (Lipinski definition) is 3. The Balaban J connectivity index is 1.65. The molecule has 0 unspecified atom stereocenters. The zero-order valence-corrected chi connectivity index (χ0v) is 8.73. The van der Waals surface area contributed by atoms with Gasteiger partial charge < -0.3 is 10.1 Å². The maximum atomic E-state index is 5.93. The Morgan fingerprint density at radius 2 is 2.07 bits per heavy atom. The van der Waals surface area contributed by atoms with Gasteiger partial charge in [0.25, 0.3) is 0 Å². The van der Waals surface area contributed by atoms with Crippen molar-refractivity contribution in [1.29, 1.82) is 0 Å². The van der Waals surface area contributed by atoms with Gasteiger partial charge in [-0.3, -0.25) is 4.98 Å². The highest BCUT2D eigenvalue weighted by atomic mass is 16.5. The Morgan fingerprint density at radius 3 is 2.73 bits per heavy atom. The maximum Gasteiger partial charge on any atom is 0.137 e. The molecule has 0 aliphatic carbocycles. The SMILES string of the molecule is c1cncc(O[C@@H]2C[C@H]3CC[C@@H](C2)N3)c1. The molecule has 3 nitrogen and oxygen atoms in total. The molecule has 0 spiro atoms. The Bertz CT molecular complexity index is 316. The highest BCUT2D eigenvalue weighted by Gasteiger charge is 2.34. The first-order valence-corrected chi connectivity index (χ1v) is 5.73.